The van der Waals surface area contributed by atoms with E-state index in [4.69, 9.17) is 0 Å². The maximum Gasteiger partial charge on any atom is 0.220 e. The maximum atomic E-state index is 12.1. The molecule has 0 aromatic rings. The molecule has 0 aromatic heterocycles. The molecule has 20 heavy (non-hydrogen) atoms. The van der Waals surface area contributed by atoms with Crippen LogP contribution < -0.4 is 5.32 Å². The first-order chi connectivity index (χ1) is 9.28. The van der Waals surface area contributed by atoms with Crippen molar-refractivity contribution in [1.82, 2.24) is 5.32 Å². The van der Waals surface area contributed by atoms with Gasteiger partial charge in [-0.3, -0.25) is 4.79 Å². The topological polar surface area (TPSA) is 49.3 Å². The lowest BCUT2D eigenvalue weighted by molar-refractivity contribution is -0.123. The van der Waals surface area contributed by atoms with Crippen molar-refractivity contribution in [1.29, 1.82) is 0 Å². The SMILES string of the molecule is C[C@@H]1C[C@@H](CC(=O)NCC2(O)CCCC2)CC(C)(C)C1. The zero-order valence-corrected chi connectivity index (χ0v) is 13.4. The van der Waals surface area contributed by atoms with Gasteiger partial charge in [0.2, 0.25) is 5.91 Å². The highest BCUT2D eigenvalue weighted by Gasteiger charge is 2.34. The molecular weight excluding hydrogens is 250 g/mol. The molecule has 2 N–H and O–H groups in total. The van der Waals surface area contributed by atoms with E-state index >= 15 is 0 Å². The van der Waals surface area contributed by atoms with Crippen LogP contribution >= 0.6 is 0 Å². The van der Waals surface area contributed by atoms with Crippen molar-refractivity contribution in [2.75, 3.05) is 6.54 Å². The summed E-state index contributed by atoms with van der Waals surface area (Å²) in [6, 6.07) is 0. The van der Waals surface area contributed by atoms with E-state index in [-0.39, 0.29) is 5.91 Å². The van der Waals surface area contributed by atoms with Crippen LogP contribution in [0.15, 0.2) is 0 Å². The molecule has 0 radical (unpaired) electrons. The molecule has 2 atom stereocenters. The molecule has 0 aromatic carbocycles. The summed E-state index contributed by atoms with van der Waals surface area (Å²) in [7, 11) is 0. The van der Waals surface area contributed by atoms with Gasteiger partial charge in [-0.1, -0.05) is 33.6 Å². The molecule has 0 aliphatic heterocycles. The summed E-state index contributed by atoms with van der Waals surface area (Å²) in [6.07, 6.45) is 8.05. The molecule has 0 unspecified atom stereocenters. The van der Waals surface area contributed by atoms with Crippen LogP contribution in [-0.4, -0.2) is 23.2 Å². The fourth-order valence-corrected chi connectivity index (χ4v) is 4.51. The number of amides is 1. The second-order valence-electron chi connectivity index (χ2n) is 8.19. The van der Waals surface area contributed by atoms with Crippen molar-refractivity contribution in [2.24, 2.45) is 17.3 Å². The number of rotatable bonds is 4. The molecule has 2 fully saturated rings. The normalized spacial score (nSPS) is 32.0. The second-order valence-corrected chi connectivity index (χ2v) is 8.19. The van der Waals surface area contributed by atoms with E-state index in [1.807, 2.05) is 0 Å². The standard InChI is InChI=1S/C17H31NO2/c1-13-8-14(11-16(2,3)10-13)9-15(19)18-12-17(20)6-4-5-7-17/h13-14,20H,4-12H2,1-3H3,(H,18,19)/t13-,14+/m1/s1. The second kappa shape index (κ2) is 6.05. The van der Waals surface area contributed by atoms with E-state index < -0.39 is 5.60 Å². The molecule has 3 nitrogen and oxygen atoms in total. The third-order valence-electron chi connectivity index (χ3n) is 5.10. The molecule has 2 saturated carbocycles. The van der Waals surface area contributed by atoms with Gasteiger partial charge in [-0.25, -0.2) is 0 Å². The minimum atomic E-state index is -0.630. The Morgan fingerprint density at radius 1 is 1.25 bits per heavy atom. The van der Waals surface area contributed by atoms with E-state index in [2.05, 4.69) is 26.1 Å². The van der Waals surface area contributed by atoms with Crippen LogP contribution in [0.2, 0.25) is 0 Å². The Balaban J connectivity index is 1.76. The van der Waals surface area contributed by atoms with Gasteiger partial charge >= 0.3 is 0 Å². The van der Waals surface area contributed by atoms with Crippen LogP contribution in [0.25, 0.3) is 0 Å². The Morgan fingerprint density at radius 2 is 1.90 bits per heavy atom. The van der Waals surface area contributed by atoms with Crippen molar-refractivity contribution in [3.8, 4) is 0 Å². The molecule has 1 amide bonds. The monoisotopic (exact) mass is 281 g/mol. The van der Waals surface area contributed by atoms with Gasteiger partial charge in [-0.15, -0.1) is 0 Å². The minimum absolute atomic E-state index is 0.125. The fourth-order valence-electron chi connectivity index (χ4n) is 4.51. The molecular formula is C17H31NO2. The summed E-state index contributed by atoms with van der Waals surface area (Å²) < 4.78 is 0. The van der Waals surface area contributed by atoms with Crippen LogP contribution in [0.4, 0.5) is 0 Å². The van der Waals surface area contributed by atoms with E-state index in [9.17, 15) is 9.90 Å². The van der Waals surface area contributed by atoms with E-state index in [0.717, 1.165) is 38.0 Å². The van der Waals surface area contributed by atoms with Gasteiger partial charge in [0.1, 0.15) is 0 Å². The summed E-state index contributed by atoms with van der Waals surface area (Å²) in [5.74, 6) is 1.35. The highest BCUT2D eigenvalue weighted by molar-refractivity contribution is 5.76. The van der Waals surface area contributed by atoms with Gasteiger partial charge < -0.3 is 10.4 Å². The summed E-state index contributed by atoms with van der Waals surface area (Å²) in [5, 5.41) is 13.2. The highest BCUT2D eigenvalue weighted by Crippen LogP contribution is 2.42. The molecule has 0 spiro atoms. The van der Waals surface area contributed by atoms with Crippen LogP contribution in [0.1, 0.15) is 72.1 Å². The number of aliphatic hydroxyl groups is 1. The molecule has 2 aliphatic carbocycles. The van der Waals surface area contributed by atoms with Gasteiger partial charge in [0.15, 0.2) is 0 Å². The quantitative estimate of drug-likeness (QED) is 0.831. The Kier molecular flexibility index (Phi) is 4.78. The van der Waals surface area contributed by atoms with Crippen molar-refractivity contribution >= 4 is 5.91 Å². The van der Waals surface area contributed by atoms with Crippen LogP contribution in [0, 0.1) is 17.3 Å². The van der Waals surface area contributed by atoms with Crippen molar-refractivity contribution in [3.63, 3.8) is 0 Å². The number of hydrogen-bond donors (Lipinski definition) is 2. The number of carbonyl (C=O) groups excluding carboxylic acids is 1. The maximum absolute atomic E-state index is 12.1. The van der Waals surface area contributed by atoms with Crippen molar-refractivity contribution in [2.45, 2.75) is 77.7 Å². The van der Waals surface area contributed by atoms with Gasteiger partial charge in [0.05, 0.1) is 5.60 Å². The molecule has 0 heterocycles. The molecule has 3 heteroatoms. The summed E-state index contributed by atoms with van der Waals surface area (Å²) in [4.78, 5) is 12.1. The third-order valence-corrected chi connectivity index (χ3v) is 5.10. The molecule has 0 bridgehead atoms. The Bertz CT molecular complexity index is 345. The summed E-state index contributed by atoms with van der Waals surface area (Å²) >= 11 is 0. The highest BCUT2D eigenvalue weighted by atomic mass is 16.3. The smallest absolute Gasteiger partial charge is 0.220 e. The van der Waals surface area contributed by atoms with Gasteiger partial charge in [0.25, 0.3) is 0 Å². The number of carbonyl (C=O) groups is 1. The van der Waals surface area contributed by atoms with Crippen molar-refractivity contribution in [3.05, 3.63) is 0 Å². The molecule has 2 rings (SSSR count). The molecule has 116 valence electrons. The Hall–Kier alpha value is -0.570. The van der Waals surface area contributed by atoms with Gasteiger partial charge in [-0.2, -0.15) is 0 Å². The largest absolute Gasteiger partial charge is 0.388 e. The fraction of sp³-hybridized carbons (Fsp3) is 0.941. The first-order valence-corrected chi connectivity index (χ1v) is 8.27. The van der Waals surface area contributed by atoms with Crippen LogP contribution in [-0.2, 0) is 4.79 Å². The zero-order chi connectivity index (χ0) is 14.8. The Labute approximate surface area is 123 Å². The lowest BCUT2D eigenvalue weighted by Gasteiger charge is -2.39. The summed E-state index contributed by atoms with van der Waals surface area (Å²) in [6.45, 7) is 7.37. The predicted octanol–water partition coefficient (Wildman–Crippen LogP) is 3.26. The number of hydrogen-bond acceptors (Lipinski definition) is 2. The zero-order valence-electron chi connectivity index (χ0n) is 13.4. The van der Waals surface area contributed by atoms with E-state index in [1.54, 1.807) is 0 Å². The lowest BCUT2D eigenvalue weighted by Crippen LogP contribution is -2.41. The number of nitrogens with one attached hydrogen (secondary N) is 1. The third kappa shape index (κ3) is 4.47. The van der Waals surface area contributed by atoms with E-state index in [1.165, 1.54) is 12.8 Å². The lowest BCUT2D eigenvalue weighted by atomic mass is 9.67. The van der Waals surface area contributed by atoms with Gasteiger partial charge in [0, 0.05) is 13.0 Å². The van der Waals surface area contributed by atoms with Crippen molar-refractivity contribution < 1.29 is 9.90 Å². The molecule has 0 saturated heterocycles. The first kappa shape index (κ1) is 15.8. The first-order valence-electron chi connectivity index (χ1n) is 8.27. The van der Waals surface area contributed by atoms with E-state index in [0.29, 0.717) is 24.3 Å². The van der Waals surface area contributed by atoms with Gasteiger partial charge in [-0.05, 0) is 49.4 Å². The minimum Gasteiger partial charge on any atom is -0.388 e. The van der Waals surface area contributed by atoms with Crippen LogP contribution in [0.5, 0.6) is 0 Å². The average Bonchev–Trinajstić information content (AvgIpc) is 2.71. The summed E-state index contributed by atoms with van der Waals surface area (Å²) in [5.41, 5.74) is -0.263. The molecule has 2 aliphatic rings. The predicted molar refractivity (Wildman–Crippen MR) is 81.3 cm³/mol. The average molecular weight is 281 g/mol. The van der Waals surface area contributed by atoms with Crippen LogP contribution in [0.3, 0.4) is 0 Å². The Morgan fingerprint density at radius 3 is 2.50 bits per heavy atom.